The molecular formula is C29H29FN8O2. The van der Waals surface area contributed by atoms with Gasteiger partial charge in [0.05, 0.1) is 48.1 Å². The highest BCUT2D eigenvalue weighted by atomic mass is 19.1. The van der Waals surface area contributed by atoms with Gasteiger partial charge in [-0.05, 0) is 56.0 Å². The summed E-state index contributed by atoms with van der Waals surface area (Å²) in [5.41, 5.74) is 4.16. The lowest BCUT2D eigenvalue weighted by molar-refractivity contribution is -0.121. The molecule has 0 unspecified atom stereocenters. The van der Waals surface area contributed by atoms with E-state index < -0.39 is 5.82 Å². The minimum Gasteiger partial charge on any atom is -0.482 e. The lowest BCUT2D eigenvalue weighted by atomic mass is 9.93. The zero-order valence-corrected chi connectivity index (χ0v) is 22.4. The summed E-state index contributed by atoms with van der Waals surface area (Å²) in [7, 11) is 0. The number of benzene rings is 1. The van der Waals surface area contributed by atoms with E-state index >= 15 is 0 Å². The Hall–Kier alpha value is -4.43. The Bertz CT molecular complexity index is 1620. The van der Waals surface area contributed by atoms with Crippen LogP contribution in [0.25, 0.3) is 22.2 Å². The van der Waals surface area contributed by atoms with Crippen LogP contribution in [-0.4, -0.2) is 50.3 Å². The SMILES string of the molecule is CC(C)Cc1nc2c(cnn2C2CCNCC2)c(-c2ccc3c(c2)OCC(=O)N3Cc2ncc(F)cn2)c1C#N. The van der Waals surface area contributed by atoms with E-state index in [1.807, 2.05) is 23.0 Å². The number of hydrogen-bond donors (Lipinski definition) is 1. The van der Waals surface area contributed by atoms with Gasteiger partial charge in [0, 0.05) is 10.9 Å². The monoisotopic (exact) mass is 540 g/mol. The van der Waals surface area contributed by atoms with E-state index in [0.717, 1.165) is 66.2 Å². The van der Waals surface area contributed by atoms with Gasteiger partial charge in [-0.1, -0.05) is 19.9 Å². The van der Waals surface area contributed by atoms with Crippen molar-refractivity contribution in [1.82, 2.24) is 30.0 Å². The predicted octanol–water partition coefficient (Wildman–Crippen LogP) is 3.95. The molecule has 0 radical (unpaired) electrons. The number of amides is 1. The molecule has 0 spiro atoms. The maximum absolute atomic E-state index is 13.3. The Morgan fingerprint density at radius 1 is 1.20 bits per heavy atom. The topological polar surface area (TPSA) is 122 Å². The summed E-state index contributed by atoms with van der Waals surface area (Å²) in [6, 6.07) is 8.20. The van der Waals surface area contributed by atoms with E-state index in [4.69, 9.17) is 14.8 Å². The molecule has 0 saturated carbocycles. The minimum absolute atomic E-state index is 0.0827. The van der Waals surface area contributed by atoms with Crippen molar-refractivity contribution < 1.29 is 13.9 Å². The van der Waals surface area contributed by atoms with Gasteiger partial charge in [0.25, 0.3) is 5.91 Å². The van der Waals surface area contributed by atoms with Crippen LogP contribution < -0.4 is 15.0 Å². The number of carbonyl (C=O) groups is 1. The number of halogens is 1. The molecule has 0 bridgehead atoms. The summed E-state index contributed by atoms with van der Waals surface area (Å²) in [6.07, 6.45) is 6.54. The summed E-state index contributed by atoms with van der Waals surface area (Å²) < 4.78 is 21.2. The van der Waals surface area contributed by atoms with Crippen molar-refractivity contribution in [2.45, 2.75) is 45.7 Å². The van der Waals surface area contributed by atoms with Crippen LogP contribution in [0.2, 0.25) is 0 Å². The van der Waals surface area contributed by atoms with Gasteiger partial charge >= 0.3 is 0 Å². The van der Waals surface area contributed by atoms with Crippen molar-refractivity contribution >= 4 is 22.6 Å². The van der Waals surface area contributed by atoms with Gasteiger partial charge in [-0.25, -0.2) is 24.0 Å². The third-order valence-electron chi connectivity index (χ3n) is 7.35. The van der Waals surface area contributed by atoms with Crippen molar-refractivity contribution in [2.75, 3.05) is 24.6 Å². The molecule has 10 nitrogen and oxygen atoms in total. The third-order valence-corrected chi connectivity index (χ3v) is 7.35. The third kappa shape index (κ3) is 4.75. The Labute approximate surface area is 230 Å². The van der Waals surface area contributed by atoms with Crippen LogP contribution in [0.1, 0.15) is 49.8 Å². The normalized spacial score (nSPS) is 15.8. The van der Waals surface area contributed by atoms with Gasteiger partial charge < -0.3 is 10.1 Å². The number of ether oxygens (including phenoxy) is 1. The molecule has 204 valence electrons. The number of rotatable bonds is 6. The molecule has 11 heteroatoms. The summed E-state index contributed by atoms with van der Waals surface area (Å²) in [5.74, 6) is 0.335. The summed E-state index contributed by atoms with van der Waals surface area (Å²) in [5, 5.41) is 19.3. The van der Waals surface area contributed by atoms with Crippen LogP contribution in [-0.2, 0) is 17.8 Å². The quantitative estimate of drug-likeness (QED) is 0.390. The number of fused-ring (bicyclic) bond motifs is 2. The zero-order chi connectivity index (χ0) is 27.8. The molecule has 1 aromatic carbocycles. The molecule has 5 heterocycles. The number of nitriles is 1. The number of aromatic nitrogens is 5. The maximum Gasteiger partial charge on any atom is 0.265 e. The van der Waals surface area contributed by atoms with Gasteiger partial charge in [0.15, 0.2) is 18.1 Å². The van der Waals surface area contributed by atoms with Gasteiger partial charge in [-0.15, -0.1) is 0 Å². The van der Waals surface area contributed by atoms with Crippen molar-refractivity contribution in [2.24, 2.45) is 5.92 Å². The average molecular weight is 541 g/mol. The number of pyridine rings is 1. The van der Waals surface area contributed by atoms with E-state index in [2.05, 4.69) is 35.2 Å². The van der Waals surface area contributed by atoms with E-state index in [-0.39, 0.29) is 25.1 Å². The molecule has 1 saturated heterocycles. The van der Waals surface area contributed by atoms with Crippen LogP contribution in [0, 0.1) is 23.1 Å². The van der Waals surface area contributed by atoms with Gasteiger partial charge in [0.1, 0.15) is 17.6 Å². The molecule has 0 aliphatic carbocycles. The van der Waals surface area contributed by atoms with Crippen LogP contribution in [0.15, 0.2) is 36.8 Å². The Balaban J connectivity index is 1.46. The number of hydrogen-bond acceptors (Lipinski definition) is 8. The predicted molar refractivity (Wildman–Crippen MR) is 146 cm³/mol. The second-order valence-corrected chi connectivity index (χ2v) is 10.6. The molecule has 40 heavy (non-hydrogen) atoms. The smallest absolute Gasteiger partial charge is 0.265 e. The van der Waals surface area contributed by atoms with E-state index in [1.165, 1.54) is 4.90 Å². The number of nitrogens with one attached hydrogen (secondary N) is 1. The molecule has 0 atom stereocenters. The largest absolute Gasteiger partial charge is 0.482 e. The lowest BCUT2D eigenvalue weighted by Crippen LogP contribution is -2.38. The lowest BCUT2D eigenvalue weighted by Gasteiger charge is -2.29. The van der Waals surface area contributed by atoms with Gasteiger partial charge in [-0.3, -0.25) is 9.69 Å². The number of carbonyl (C=O) groups excluding carboxylic acids is 1. The van der Waals surface area contributed by atoms with Crippen molar-refractivity contribution in [3.05, 3.63) is 59.7 Å². The average Bonchev–Trinajstić information content (AvgIpc) is 3.38. The molecule has 1 N–H and O–H groups in total. The van der Waals surface area contributed by atoms with Gasteiger partial charge in [0.2, 0.25) is 0 Å². The van der Waals surface area contributed by atoms with Crippen molar-refractivity contribution in [3.63, 3.8) is 0 Å². The molecule has 2 aliphatic heterocycles. The first-order valence-electron chi connectivity index (χ1n) is 13.5. The highest BCUT2D eigenvalue weighted by Gasteiger charge is 2.29. The first-order valence-corrected chi connectivity index (χ1v) is 13.5. The maximum atomic E-state index is 13.3. The van der Waals surface area contributed by atoms with E-state index in [9.17, 15) is 14.4 Å². The Kier molecular flexibility index (Phi) is 6.86. The van der Waals surface area contributed by atoms with Gasteiger partial charge in [-0.2, -0.15) is 10.4 Å². The molecule has 6 rings (SSSR count). The van der Waals surface area contributed by atoms with E-state index in [0.29, 0.717) is 35.2 Å². The molecular weight excluding hydrogens is 511 g/mol. The van der Waals surface area contributed by atoms with E-state index in [1.54, 1.807) is 6.07 Å². The minimum atomic E-state index is -0.542. The fourth-order valence-corrected chi connectivity index (χ4v) is 5.47. The van der Waals surface area contributed by atoms with Crippen molar-refractivity contribution in [1.29, 1.82) is 5.26 Å². The Morgan fingerprint density at radius 2 is 1.98 bits per heavy atom. The van der Waals surface area contributed by atoms with Crippen LogP contribution in [0.5, 0.6) is 5.75 Å². The highest BCUT2D eigenvalue weighted by molar-refractivity contribution is 6.00. The number of nitrogens with zero attached hydrogens (tertiary/aromatic N) is 7. The standard InChI is InChI=1S/C29H29FN8O2/c1-17(2)9-23-21(11-31)28(22-14-35-38(29(22)36-23)20-5-7-32-8-6-20)18-3-4-24-25(10-18)40-16-27(39)37(24)15-26-33-12-19(30)13-34-26/h3-4,10,12-14,17,20,32H,5-9,15-16H2,1-2H3. The number of anilines is 1. The van der Waals surface area contributed by atoms with Crippen LogP contribution >= 0.6 is 0 Å². The second kappa shape index (κ2) is 10.6. The molecule has 2 aliphatic rings. The second-order valence-electron chi connectivity index (χ2n) is 10.6. The first-order chi connectivity index (χ1) is 19.4. The molecule has 4 aromatic rings. The molecule has 3 aromatic heterocycles. The highest BCUT2D eigenvalue weighted by Crippen LogP contribution is 2.41. The number of piperidine rings is 1. The Morgan fingerprint density at radius 3 is 2.70 bits per heavy atom. The molecule has 1 fully saturated rings. The zero-order valence-electron chi connectivity index (χ0n) is 22.4. The summed E-state index contributed by atoms with van der Waals surface area (Å²) in [6.45, 7) is 6.00. The summed E-state index contributed by atoms with van der Waals surface area (Å²) >= 11 is 0. The van der Waals surface area contributed by atoms with Crippen molar-refractivity contribution in [3.8, 4) is 22.9 Å². The fraction of sp³-hybridized carbons (Fsp3) is 0.379. The van der Waals surface area contributed by atoms with Crippen LogP contribution in [0.4, 0.5) is 10.1 Å². The first kappa shape index (κ1) is 25.8. The fourth-order valence-electron chi connectivity index (χ4n) is 5.47. The molecule has 1 amide bonds. The van der Waals surface area contributed by atoms with Crippen LogP contribution in [0.3, 0.4) is 0 Å². The summed E-state index contributed by atoms with van der Waals surface area (Å²) in [4.78, 5) is 27.3.